The molecule has 0 N–H and O–H groups in total. The van der Waals surface area contributed by atoms with Gasteiger partial charge >= 0.3 is 5.97 Å². The summed E-state index contributed by atoms with van der Waals surface area (Å²) in [5.41, 5.74) is -0.0479. The van der Waals surface area contributed by atoms with E-state index >= 15 is 0 Å². The van der Waals surface area contributed by atoms with E-state index in [1.54, 1.807) is 13.8 Å². The Bertz CT molecular complexity index is 758. The third-order valence-corrected chi connectivity index (χ3v) is 6.62. The van der Waals surface area contributed by atoms with Crippen molar-refractivity contribution in [2.45, 2.75) is 50.5 Å². The molecule has 2 rings (SSSR count). The molecule has 0 radical (unpaired) electrons. The van der Waals surface area contributed by atoms with E-state index in [-0.39, 0.29) is 21.3 Å². The van der Waals surface area contributed by atoms with Gasteiger partial charge in [0.1, 0.15) is 0 Å². The Morgan fingerprint density at radius 3 is 2.56 bits per heavy atom. The lowest BCUT2D eigenvalue weighted by Gasteiger charge is -2.21. The second-order valence-electron chi connectivity index (χ2n) is 5.84. The highest BCUT2D eigenvalue weighted by Crippen LogP contribution is 2.25. The minimum Gasteiger partial charge on any atom is -0.451 e. The monoisotopic (exact) mass is 387 g/mol. The lowest BCUT2D eigenvalue weighted by molar-refractivity contribution is -0.129. The number of hydrogen-bond donors (Lipinski definition) is 0. The largest absolute Gasteiger partial charge is 0.451 e. The Labute approximate surface area is 153 Å². The number of benzene rings is 1. The summed E-state index contributed by atoms with van der Waals surface area (Å²) in [7, 11) is -3.72. The summed E-state index contributed by atoms with van der Waals surface area (Å²) in [4.78, 5) is 24.2. The fourth-order valence-corrected chi connectivity index (χ4v) is 4.48. The van der Waals surface area contributed by atoms with E-state index in [9.17, 15) is 18.0 Å². The molecule has 1 aliphatic rings. The Morgan fingerprint density at radius 2 is 1.96 bits per heavy atom. The van der Waals surface area contributed by atoms with Crippen LogP contribution in [0.25, 0.3) is 0 Å². The average Bonchev–Trinajstić information content (AvgIpc) is 2.58. The van der Waals surface area contributed by atoms with Crippen LogP contribution in [0.4, 0.5) is 0 Å². The smallest absolute Gasteiger partial charge is 0.340 e. The first-order valence-corrected chi connectivity index (χ1v) is 10.2. The van der Waals surface area contributed by atoms with Crippen molar-refractivity contribution in [2.24, 2.45) is 0 Å². The molecule has 1 aromatic rings. The number of Topliss-reactive ketones (excluding diaryl/α,β-unsaturated/α-hetero) is 1. The van der Waals surface area contributed by atoms with Crippen LogP contribution in [-0.4, -0.2) is 43.7 Å². The summed E-state index contributed by atoms with van der Waals surface area (Å²) in [6.45, 7) is 4.11. The first-order chi connectivity index (χ1) is 11.8. The molecule has 6 nitrogen and oxygen atoms in total. The lowest BCUT2D eigenvalue weighted by atomic mass is 9.96. The lowest BCUT2D eigenvalue weighted by Crippen LogP contribution is -2.31. The highest BCUT2D eigenvalue weighted by atomic mass is 35.5. The molecule has 25 heavy (non-hydrogen) atoms. The first-order valence-electron chi connectivity index (χ1n) is 8.34. The van der Waals surface area contributed by atoms with Gasteiger partial charge < -0.3 is 4.74 Å². The van der Waals surface area contributed by atoms with Crippen LogP contribution in [0.1, 0.15) is 49.9 Å². The maximum Gasteiger partial charge on any atom is 0.340 e. The van der Waals surface area contributed by atoms with E-state index in [1.165, 1.54) is 22.5 Å². The van der Waals surface area contributed by atoms with Crippen LogP contribution in [0.3, 0.4) is 0 Å². The number of halogens is 1. The summed E-state index contributed by atoms with van der Waals surface area (Å²) in [5.74, 6) is -0.885. The molecular weight excluding hydrogens is 366 g/mol. The molecule has 1 atom stereocenters. The molecule has 1 aliphatic carbocycles. The first kappa shape index (κ1) is 19.9. The Morgan fingerprint density at radius 1 is 1.28 bits per heavy atom. The van der Waals surface area contributed by atoms with Crippen molar-refractivity contribution in [3.8, 4) is 0 Å². The fourth-order valence-electron chi connectivity index (χ4n) is 2.80. The van der Waals surface area contributed by atoms with Gasteiger partial charge in [-0.3, -0.25) is 4.79 Å². The molecule has 0 saturated heterocycles. The van der Waals surface area contributed by atoms with Gasteiger partial charge in [0.15, 0.2) is 11.9 Å². The van der Waals surface area contributed by atoms with Gasteiger partial charge in [0.25, 0.3) is 0 Å². The summed E-state index contributed by atoms with van der Waals surface area (Å²) >= 11 is 6.05. The SMILES string of the molecule is CCN(CC)S(=O)(=O)c1ccc(Cl)c(C(=O)O[C@H]2CCCCC2=O)c1. The van der Waals surface area contributed by atoms with E-state index in [0.717, 1.165) is 12.8 Å². The van der Waals surface area contributed by atoms with Crippen LogP contribution >= 0.6 is 11.6 Å². The zero-order valence-electron chi connectivity index (χ0n) is 14.3. The number of rotatable bonds is 6. The summed E-state index contributed by atoms with van der Waals surface area (Å²) < 4.78 is 31.8. The summed E-state index contributed by atoms with van der Waals surface area (Å²) in [5, 5.41) is 0.0896. The van der Waals surface area contributed by atoms with Gasteiger partial charge in [0.05, 0.1) is 15.5 Å². The Balaban J connectivity index is 2.29. The van der Waals surface area contributed by atoms with E-state index in [4.69, 9.17) is 16.3 Å². The zero-order valence-corrected chi connectivity index (χ0v) is 15.9. The molecule has 0 bridgehead atoms. The van der Waals surface area contributed by atoms with Gasteiger partial charge in [0, 0.05) is 19.5 Å². The fraction of sp³-hybridized carbons (Fsp3) is 0.529. The van der Waals surface area contributed by atoms with Crippen LogP contribution in [-0.2, 0) is 19.6 Å². The summed E-state index contributed by atoms with van der Waals surface area (Å²) in [6, 6.07) is 3.93. The highest BCUT2D eigenvalue weighted by Gasteiger charge is 2.28. The quantitative estimate of drug-likeness (QED) is 0.701. The van der Waals surface area contributed by atoms with Crippen molar-refractivity contribution >= 4 is 33.4 Å². The van der Waals surface area contributed by atoms with Gasteiger partial charge in [0.2, 0.25) is 10.0 Å². The van der Waals surface area contributed by atoms with Gasteiger partial charge in [-0.15, -0.1) is 0 Å². The standard InChI is InChI=1S/C17H22ClNO5S/c1-3-19(4-2)25(22,23)12-9-10-14(18)13(11-12)17(21)24-16-8-6-5-7-15(16)20/h9-11,16H,3-8H2,1-2H3/t16-/m0/s1. The van der Waals surface area contributed by atoms with E-state index in [1.807, 2.05) is 0 Å². The minimum atomic E-state index is -3.72. The number of carbonyl (C=O) groups is 2. The van der Waals surface area contributed by atoms with Crippen molar-refractivity contribution < 1.29 is 22.7 Å². The number of ether oxygens (including phenoxy) is 1. The topological polar surface area (TPSA) is 80.8 Å². The molecule has 1 aromatic carbocycles. The second kappa shape index (κ2) is 8.29. The van der Waals surface area contributed by atoms with E-state index in [0.29, 0.717) is 25.9 Å². The maximum atomic E-state index is 12.6. The summed E-state index contributed by atoms with van der Waals surface area (Å²) in [6.07, 6.45) is 1.71. The highest BCUT2D eigenvalue weighted by molar-refractivity contribution is 7.89. The molecule has 1 saturated carbocycles. The van der Waals surface area contributed by atoms with Crippen molar-refractivity contribution in [2.75, 3.05) is 13.1 Å². The number of sulfonamides is 1. The Kier molecular flexibility index (Phi) is 6.59. The van der Waals surface area contributed by atoms with E-state index < -0.39 is 22.1 Å². The molecule has 0 aromatic heterocycles. The van der Waals surface area contributed by atoms with Crippen LogP contribution < -0.4 is 0 Å². The van der Waals surface area contributed by atoms with Gasteiger partial charge in [-0.25, -0.2) is 13.2 Å². The van der Waals surface area contributed by atoms with Gasteiger partial charge in [-0.2, -0.15) is 4.31 Å². The molecule has 0 amide bonds. The van der Waals surface area contributed by atoms with Crippen LogP contribution in [0.2, 0.25) is 5.02 Å². The molecule has 1 fully saturated rings. The second-order valence-corrected chi connectivity index (χ2v) is 8.18. The van der Waals surface area contributed by atoms with Crippen LogP contribution in [0, 0.1) is 0 Å². The number of nitrogens with zero attached hydrogens (tertiary/aromatic N) is 1. The van der Waals surface area contributed by atoms with Crippen molar-refractivity contribution in [1.29, 1.82) is 0 Å². The Hall–Kier alpha value is -1.44. The van der Waals surface area contributed by atoms with E-state index in [2.05, 4.69) is 0 Å². The molecule has 138 valence electrons. The number of hydrogen-bond acceptors (Lipinski definition) is 5. The van der Waals surface area contributed by atoms with Crippen LogP contribution in [0.15, 0.2) is 23.1 Å². The number of carbonyl (C=O) groups excluding carboxylic acids is 2. The van der Waals surface area contributed by atoms with Crippen LogP contribution in [0.5, 0.6) is 0 Å². The van der Waals surface area contributed by atoms with Gasteiger partial charge in [-0.1, -0.05) is 25.4 Å². The molecule has 0 spiro atoms. The number of esters is 1. The van der Waals surface area contributed by atoms with Crippen molar-refractivity contribution in [3.63, 3.8) is 0 Å². The molecule has 0 heterocycles. The third kappa shape index (κ3) is 4.40. The predicted molar refractivity (Wildman–Crippen MR) is 94.2 cm³/mol. The minimum absolute atomic E-state index is 0.0254. The molecule has 0 unspecified atom stereocenters. The molecule has 8 heteroatoms. The van der Waals surface area contributed by atoms with Crippen molar-refractivity contribution in [1.82, 2.24) is 4.31 Å². The van der Waals surface area contributed by atoms with Crippen molar-refractivity contribution in [3.05, 3.63) is 28.8 Å². The average molecular weight is 388 g/mol. The molecular formula is C17H22ClNO5S. The predicted octanol–water partition coefficient (Wildman–Crippen LogP) is 3.04. The number of ketones is 1. The third-order valence-electron chi connectivity index (χ3n) is 4.25. The normalized spacial score (nSPS) is 18.4. The molecule has 0 aliphatic heterocycles. The van der Waals surface area contributed by atoms with Gasteiger partial charge in [-0.05, 0) is 37.5 Å². The maximum absolute atomic E-state index is 12.6. The zero-order chi connectivity index (χ0) is 18.6.